The second-order valence-corrected chi connectivity index (χ2v) is 4.40. The van der Waals surface area contributed by atoms with E-state index in [0.717, 1.165) is 18.2 Å². The fourth-order valence-corrected chi connectivity index (χ4v) is 1.55. The number of ketones is 1. The molecule has 15 heavy (non-hydrogen) atoms. The summed E-state index contributed by atoms with van der Waals surface area (Å²) in [6, 6.07) is 0. The van der Waals surface area contributed by atoms with Gasteiger partial charge in [-0.1, -0.05) is 22.4 Å². The summed E-state index contributed by atoms with van der Waals surface area (Å²) in [5.74, 6) is -0.635. The van der Waals surface area contributed by atoms with E-state index in [4.69, 9.17) is 0 Å². The highest BCUT2D eigenvalue weighted by atomic mass is 79.9. The van der Waals surface area contributed by atoms with Crippen LogP contribution in [0.4, 0.5) is 13.2 Å². The number of halogens is 4. The Morgan fingerprint density at radius 3 is 1.93 bits per heavy atom. The van der Waals surface area contributed by atoms with Gasteiger partial charge in [0.05, 0.1) is 0 Å². The van der Waals surface area contributed by atoms with Crippen LogP contribution in [-0.4, -0.2) is 31.1 Å². The molecule has 0 saturated carbocycles. The normalized spacial score (nSPS) is 11.7. The molecule has 0 radical (unpaired) electrons. The van der Waals surface area contributed by atoms with Crippen LogP contribution in [0.25, 0.3) is 0 Å². The van der Waals surface area contributed by atoms with Gasteiger partial charge in [0.1, 0.15) is 31.2 Å². The quantitative estimate of drug-likeness (QED) is 0.469. The zero-order valence-electron chi connectivity index (χ0n) is 8.58. The maximum atomic E-state index is 12.4. The van der Waals surface area contributed by atoms with Gasteiger partial charge in [0.2, 0.25) is 0 Å². The Kier molecular flexibility index (Phi) is 8.10. The van der Waals surface area contributed by atoms with Gasteiger partial charge in [-0.05, 0) is 12.8 Å². The van der Waals surface area contributed by atoms with Gasteiger partial charge in [-0.3, -0.25) is 4.79 Å². The van der Waals surface area contributed by atoms with Gasteiger partial charge >= 0.3 is 0 Å². The first-order chi connectivity index (χ1) is 7.16. The molecule has 0 aliphatic heterocycles. The molecule has 0 aliphatic rings. The Morgan fingerprint density at radius 1 is 1.00 bits per heavy atom. The van der Waals surface area contributed by atoms with Crippen molar-refractivity contribution in [3.05, 3.63) is 0 Å². The highest BCUT2D eigenvalue weighted by molar-refractivity contribution is 9.09. The number of unbranched alkanes of at least 4 members (excludes halogenated alkanes) is 2. The lowest BCUT2D eigenvalue weighted by atomic mass is 9.85. The molecule has 0 fully saturated rings. The van der Waals surface area contributed by atoms with E-state index in [1.165, 1.54) is 0 Å². The van der Waals surface area contributed by atoms with E-state index in [2.05, 4.69) is 15.9 Å². The molecule has 0 bridgehead atoms. The number of Topliss-reactive ketones (excluding diaryl/α,β-unsaturated/α-hetero) is 1. The van der Waals surface area contributed by atoms with Crippen LogP contribution in [0.2, 0.25) is 0 Å². The maximum absolute atomic E-state index is 12.4. The van der Waals surface area contributed by atoms with Crippen LogP contribution in [-0.2, 0) is 4.79 Å². The first kappa shape index (κ1) is 14.9. The van der Waals surface area contributed by atoms with E-state index in [0.29, 0.717) is 6.42 Å². The predicted molar refractivity (Wildman–Crippen MR) is 57.6 cm³/mol. The lowest BCUT2D eigenvalue weighted by molar-refractivity contribution is -0.132. The van der Waals surface area contributed by atoms with E-state index in [9.17, 15) is 18.0 Å². The Balaban J connectivity index is 4.04. The highest BCUT2D eigenvalue weighted by Gasteiger charge is 2.38. The van der Waals surface area contributed by atoms with E-state index in [-0.39, 0.29) is 6.42 Å². The van der Waals surface area contributed by atoms with E-state index in [1.54, 1.807) is 0 Å². The van der Waals surface area contributed by atoms with Crippen molar-refractivity contribution in [1.82, 2.24) is 0 Å². The van der Waals surface area contributed by atoms with Crippen LogP contribution in [0.1, 0.15) is 25.7 Å². The number of carbonyl (C=O) groups is 1. The van der Waals surface area contributed by atoms with Crippen molar-refractivity contribution < 1.29 is 18.0 Å². The summed E-state index contributed by atoms with van der Waals surface area (Å²) >= 11 is 3.23. The average molecular weight is 289 g/mol. The average Bonchev–Trinajstić information content (AvgIpc) is 2.28. The Labute approximate surface area is 96.5 Å². The molecule has 0 unspecified atom stereocenters. The van der Waals surface area contributed by atoms with Crippen molar-refractivity contribution in [3.63, 3.8) is 0 Å². The topological polar surface area (TPSA) is 17.1 Å². The molecular weight excluding hydrogens is 273 g/mol. The van der Waals surface area contributed by atoms with Gasteiger partial charge in [0, 0.05) is 11.8 Å². The number of alkyl halides is 4. The SMILES string of the molecule is O=C(CCCCCBr)C(CF)(CF)CF. The zero-order chi connectivity index (χ0) is 11.7. The zero-order valence-corrected chi connectivity index (χ0v) is 10.2. The van der Waals surface area contributed by atoms with Crippen LogP contribution in [0, 0.1) is 5.41 Å². The van der Waals surface area contributed by atoms with Crippen LogP contribution >= 0.6 is 15.9 Å². The van der Waals surface area contributed by atoms with Crippen molar-refractivity contribution in [2.45, 2.75) is 25.7 Å². The molecule has 0 spiro atoms. The van der Waals surface area contributed by atoms with Crippen molar-refractivity contribution in [1.29, 1.82) is 0 Å². The Morgan fingerprint density at radius 2 is 1.53 bits per heavy atom. The minimum Gasteiger partial charge on any atom is -0.299 e. The van der Waals surface area contributed by atoms with Gasteiger partial charge in [-0.25, -0.2) is 13.2 Å². The predicted octanol–water partition coefficient (Wildman–Crippen LogP) is 3.41. The number of hydrogen-bond acceptors (Lipinski definition) is 1. The molecule has 0 aromatic carbocycles. The van der Waals surface area contributed by atoms with E-state index >= 15 is 0 Å². The Bertz CT molecular complexity index is 175. The summed E-state index contributed by atoms with van der Waals surface area (Å²) in [5, 5.41) is 0.835. The molecule has 0 atom stereocenters. The summed E-state index contributed by atoms with van der Waals surface area (Å²) in [4.78, 5) is 11.4. The van der Waals surface area contributed by atoms with Crippen molar-refractivity contribution in [2.24, 2.45) is 5.41 Å². The first-order valence-corrected chi connectivity index (χ1v) is 6.06. The van der Waals surface area contributed by atoms with Crippen molar-refractivity contribution in [2.75, 3.05) is 25.4 Å². The third-order valence-corrected chi connectivity index (χ3v) is 2.96. The second kappa shape index (κ2) is 8.13. The standard InChI is InChI=1S/C10H16BrF3O/c11-5-3-1-2-4-9(15)10(6-12,7-13)8-14/h1-8H2. The molecule has 1 nitrogen and oxygen atoms in total. The van der Waals surface area contributed by atoms with Gasteiger partial charge in [-0.15, -0.1) is 0 Å². The van der Waals surface area contributed by atoms with Gasteiger partial charge < -0.3 is 0 Å². The van der Waals surface area contributed by atoms with Crippen LogP contribution in [0.3, 0.4) is 0 Å². The second-order valence-electron chi connectivity index (χ2n) is 3.60. The number of hydrogen-bond donors (Lipinski definition) is 0. The number of carbonyl (C=O) groups excluding carboxylic acids is 1. The summed E-state index contributed by atoms with van der Waals surface area (Å²) in [5.41, 5.74) is -2.02. The van der Waals surface area contributed by atoms with Crippen molar-refractivity contribution >= 4 is 21.7 Å². The summed E-state index contributed by atoms with van der Waals surface area (Å²) in [6.07, 6.45) is 2.33. The fourth-order valence-electron chi connectivity index (χ4n) is 1.15. The van der Waals surface area contributed by atoms with E-state index in [1.807, 2.05) is 0 Å². The van der Waals surface area contributed by atoms with Crippen LogP contribution < -0.4 is 0 Å². The lowest BCUT2D eigenvalue weighted by Crippen LogP contribution is -2.38. The molecule has 0 aliphatic carbocycles. The largest absolute Gasteiger partial charge is 0.299 e. The van der Waals surface area contributed by atoms with Gasteiger partial charge in [0.25, 0.3) is 0 Å². The van der Waals surface area contributed by atoms with E-state index < -0.39 is 31.2 Å². The monoisotopic (exact) mass is 288 g/mol. The minimum atomic E-state index is -2.02. The summed E-state index contributed by atoms with van der Waals surface area (Å²) in [6.45, 7) is -3.76. The van der Waals surface area contributed by atoms with Crippen molar-refractivity contribution in [3.8, 4) is 0 Å². The maximum Gasteiger partial charge on any atom is 0.146 e. The molecular formula is C10H16BrF3O. The molecule has 0 aromatic rings. The van der Waals surface area contributed by atoms with Crippen LogP contribution in [0.15, 0.2) is 0 Å². The lowest BCUT2D eigenvalue weighted by Gasteiger charge is -2.22. The first-order valence-electron chi connectivity index (χ1n) is 4.94. The molecule has 0 N–H and O–H groups in total. The van der Waals surface area contributed by atoms with Gasteiger partial charge in [0.15, 0.2) is 0 Å². The van der Waals surface area contributed by atoms with Crippen LogP contribution in [0.5, 0.6) is 0 Å². The third kappa shape index (κ3) is 4.53. The Hall–Kier alpha value is -0.0600. The fraction of sp³-hybridized carbons (Fsp3) is 0.900. The molecule has 90 valence electrons. The number of rotatable bonds is 9. The molecule has 0 amide bonds. The molecule has 0 aromatic heterocycles. The third-order valence-electron chi connectivity index (χ3n) is 2.40. The molecule has 0 rings (SSSR count). The smallest absolute Gasteiger partial charge is 0.146 e. The molecule has 0 heterocycles. The molecule has 0 saturated heterocycles. The molecule has 5 heteroatoms. The van der Waals surface area contributed by atoms with Gasteiger partial charge in [-0.2, -0.15) is 0 Å². The summed E-state index contributed by atoms with van der Waals surface area (Å²) in [7, 11) is 0. The minimum absolute atomic E-state index is 0.0603. The highest BCUT2D eigenvalue weighted by Crippen LogP contribution is 2.24. The summed E-state index contributed by atoms with van der Waals surface area (Å²) < 4.78 is 37.3.